The van der Waals surface area contributed by atoms with Gasteiger partial charge in [-0.1, -0.05) is 42.5 Å². The minimum atomic E-state index is -0.238. The maximum atomic E-state index is 12.3. The molecule has 1 aliphatic rings. The van der Waals surface area contributed by atoms with Crippen molar-refractivity contribution in [2.75, 3.05) is 6.61 Å². The van der Waals surface area contributed by atoms with Gasteiger partial charge in [0, 0.05) is 12.1 Å². The summed E-state index contributed by atoms with van der Waals surface area (Å²) in [6.45, 7) is 0.903. The molecule has 0 spiro atoms. The number of amides is 1. The molecule has 0 fully saturated rings. The second kappa shape index (κ2) is 5.97. The number of aliphatic hydroxyl groups excluding tert-OH is 1. The first-order valence-corrected chi connectivity index (χ1v) is 6.96. The Kier molecular flexibility index (Phi) is 3.88. The predicted molar refractivity (Wildman–Crippen MR) is 78.9 cm³/mol. The largest absolute Gasteiger partial charge is 0.492 e. The van der Waals surface area contributed by atoms with E-state index in [1.54, 1.807) is 0 Å². The topological polar surface area (TPSA) is 58.6 Å². The van der Waals surface area contributed by atoms with E-state index in [2.05, 4.69) is 5.32 Å². The average Bonchev–Trinajstić information content (AvgIpc) is 2.97. The van der Waals surface area contributed by atoms with E-state index < -0.39 is 0 Å². The molecule has 2 aromatic rings. The Hall–Kier alpha value is -2.33. The highest BCUT2D eigenvalue weighted by atomic mass is 16.5. The predicted octanol–water partition coefficient (Wildman–Crippen LogP) is 1.97. The first-order valence-electron chi connectivity index (χ1n) is 6.96. The highest BCUT2D eigenvalue weighted by Gasteiger charge is 2.29. The summed E-state index contributed by atoms with van der Waals surface area (Å²) in [4.78, 5) is 12.3. The van der Waals surface area contributed by atoms with Crippen LogP contribution in [0.25, 0.3) is 0 Å². The minimum absolute atomic E-state index is 0.0221. The number of carbonyl (C=O) groups excluding carboxylic acids is 1. The second-order valence-corrected chi connectivity index (χ2v) is 5.09. The van der Waals surface area contributed by atoms with Crippen LogP contribution in [-0.4, -0.2) is 17.6 Å². The summed E-state index contributed by atoms with van der Waals surface area (Å²) in [5, 5.41) is 11.9. The van der Waals surface area contributed by atoms with E-state index in [-0.39, 0.29) is 18.4 Å². The Morgan fingerprint density at radius 1 is 1.14 bits per heavy atom. The molecule has 1 atom stereocenters. The SMILES string of the molecule is O=C(NCc1ccc(CO)cc1)C1COc2ccccc21. The summed E-state index contributed by atoms with van der Waals surface area (Å²) in [7, 11) is 0. The third kappa shape index (κ3) is 2.90. The molecular weight excluding hydrogens is 266 g/mol. The van der Waals surface area contributed by atoms with Crippen molar-refractivity contribution in [3.8, 4) is 5.75 Å². The second-order valence-electron chi connectivity index (χ2n) is 5.09. The molecule has 0 aromatic heterocycles. The maximum absolute atomic E-state index is 12.3. The van der Waals surface area contributed by atoms with Crippen molar-refractivity contribution in [2.45, 2.75) is 19.1 Å². The molecule has 0 bridgehead atoms. The van der Waals surface area contributed by atoms with Crippen molar-refractivity contribution in [3.05, 3.63) is 65.2 Å². The quantitative estimate of drug-likeness (QED) is 0.902. The molecule has 1 heterocycles. The Labute approximate surface area is 123 Å². The lowest BCUT2D eigenvalue weighted by molar-refractivity contribution is -0.122. The number of benzene rings is 2. The third-order valence-electron chi connectivity index (χ3n) is 3.69. The van der Waals surface area contributed by atoms with E-state index in [1.807, 2.05) is 48.5 Å². The van der Waals surface area contributed by atoms with Gasteiger partial charge in [0.25, 0.3) is 0 Å². The fraction of sp³-hybridized carbons (Fsp3) is 0.235. The summed E-state index contributed by atoms with van der Waals surface area (Å²) in [5.74, 6) is 0.536. The number of para-hydroxylation sites is 1. The summed E-state index contributed by atoms with van der Waals surface area (Å²) in [6.07, 6.45) is 0. The van der Waals surface area contributed by atoms with E-state index in [0.717, 1.165) is 22.4 Å². The lowest BCUT2D eigenvalue weighted by atomic mass is 10.0. The smallest absolute Gasteiger partial charge is 0.231 e. The molecule has 4 heteroatoms. The van der Waals surface area contributed by atoms with E-state index >= 15 is 0 Å². The van der Waals surface area contributed by atoms with Crippen molar-refractivity contribution >= 4 is 5.91 Å². The Morgan fingerprint density at radius 3 is 2.62 bits per heavy atom. The van der Waals surface area contributed by atoms with Crippen LogP contribution in [0.4, 0.5) is 0 Å². The van der Waals surface area contributed by atoms with E-state index in [9.17, 15) is 4.79 Å². The number of rotatable bonds is 4. The molecule has 1 amide bonds. The fourth-order valence-corrected chi connectivity index (χ4v) is 2.45. The van der Waals surface area contributed by atoms with Crippen LogP contribution in [0.5, 0.6) is 5.75 Å². The van der Waals surface area contributed by atoms with Gasteiger partial charge in [-0.3, -0.25) is 4.79 Å². The van der Waals surface area contributed by atoms with Gasteiger partial charge < -0.3 is 15.2 Å². The van der Waals surface area contributed by atoms with Crippen LogP contribution in [0.15, 0.2) is 48.5 Å². The van der Waals surface area contributed by atoms with Gasteiger partial charge in [0.2, 0.25) is 5.91 Å². The van der Waals surface area contributed by atoms with Crippen LogP contribution in [-0.2, 0) is 17.9 Å². The molecule has 1 aliphatic heterocycles. The number of hydrogen-bond donors (Lipinski definition) is 2. The van der Waals surface area contributed by atoms with Gasteiger partial charge in [0.1, 0.15) is 18.3 Å². The summed E-state index contributed by atoms with van der Waals surface area (Å²) in [6, 6.07) is 15.2. The molecule has 2 aromatic carbocycles. The molecule has 0 saturated carbocycles. The molecule has 3 rings (SSSR count). The number of aliphatic hydroxyl groups is 1. The van der Waals surface area contributed by atoms with E-state index in [1.165, 1.54) is 0 Å². The lowest BCUT2D eigenvalue weighted by Gasteiger charge is -2.10. The standard InChI is InChI=1S/C17H17NO3/c19-10-13-7-5-12(6-8-13)9-18-17(20)15-11-21-16-4-2-1-3-14(15)16/h1-8,15,19H,9-11H2,(H,18,20). The zero-order valence-corrected chi connectivity index (χ0v) is 11.6. The summed E-state index contributed by atoms with van der Waals surface area (Å²) < 4.78 is 5.53. The molecule has 21 heavy (non-hydrogen) atoms. The van der Waals surface area contributed by atoms with Gasteiger partial charge in [-0.2, -0.15) is 0 Å². The van der Waals surface area contributed by atoms with Crippen molar-refractivity contribution in [1.82, 2.24) is 5.32 Å². The van der Waals surface area contributed by atoms with E-state index in [0.29, 0.717) is 13.2 Å². The van der Waals surface area contributed by atoms with Gasteiger partial charge in [-0.25, -0.2) is 0 Å². The Morgan fingerprint density at radius 2 is 1.86 bits per heavy atom. The molecule has 1 unspecified atom stereocenters. The minimum Gasteiger partial charge on any atom is -0.492 e. The maximum Gasteiger partial charge on any atom is 0.231 e. The van der Waals surface area contributed by atoms with Gasteiger partial charge in [0.15, 0.2) is 0 Å². The highest BCUT2D eigenvalue weighted by Crippen LogP contribution is 2.33. The third-order valence-corrected chi connectivity index (χ3v) is 3.69. The van der Waals surface area contributed by atoms with Gasteiger partial charge in [-0.05, 0) is 17.2 Å². The normalized spacial score (nSPS) is 16.1. The van der Waals surface area contributed by atoms with Gasteiger partial charge >= 0.3 is 0 Å². The lowest BCUT2D eigenvalue weighted by Crippen LogP contribution is -2.29. The van der Waals surface area contributed by atoms with Crippen molar-refractivity contribution in [1.29, 1.82) is 0 Å². The highest BCUT2D eigenvalue weighted by molar-refractivity contribution is 5.85. The molecule has 0 aliphatic carbocycles. The number of fused-ring (bicyclic) bond motifs is 1. The molecule has 2 N–H and O–H groups in total. The number of nitrogens with one attached hydrogen (secondary N) is 1. The van der Waals surface area contributed by atoms with Gasteiger partial charge in [0.05, 0.1) is 6.61 Å². The van der Waals surface area contributed by atoms with Crippen LogP contribution in [0.2, 0.25) is 0 Å². The molecule has 0 radical (unpaired) electrons. The van der Waals surface area contributed by atoms with Crippen LogP contribution >= 0.6 is 0 Å². The first kappa shape index (κ1) is 13.6. The van der Waals surface area contributed by atoms with Crippen LogP contribution in [0.1, 0.15) is 22.6 Å². The zero-order chi connectivity index (χ0) is 14.7. The molecule has 4 nitrogen and oxygen atoms in total. The van der Waals surface area contributed by atoms with Crippen molar-refractivity contribution < 1.29 is 14.6 Å². The molecular formula is C17H17NO3. The molecule has 0 saturated heterocycles. The molecule has 108 valence electrons. The number of carbonyl (C=O) groups is 1. The van der Waals surface area contributed by atoms with E-state index in [4.69, 9.17) is 9.84 Å². The monoisotopic (exact) mass is 283 g/mol. The van der Waals surface area contributed by atoms with Crippen LogP contribution in [0.3, 0.4) is 0 Å². The number of hydrogen-bond acceptors (Lipinski definition) is 3. The summed E-state index contributed by atoms with van der Waals surface area (Å²) in [5.41, 5.74) is 2.82. The first-order chi connectivity index (χ1) is 10.3. The zero-order valence-electron chi connectivity index (χ0n) is 11.6. The summed E-state index contributed by atoms with van der Waals surface area (Å²) >= 11 is 0. The van der Waals surface area contributed by atoms with Crippen molar-refractivity contribution in [2.24, 2.45) is 0 Å². The average molecular weight is 283 g/mol. The van der Waals surface area contributed by atoms with Gasteiger partial charge in [-0.15, -0.1) is 0 Å². The fourth-order valence-electron chi connectivity index (χ4n) is 2.45. The van der Waals surface area contributed by atoms with Crippen LogP contribution < -0.4 is 10.1 Å². The van der Waals surface area contributed by atoms with Crippen molar-refractivity contribution in [3.63, 3.8) is 0 Å². The Balaban J connectivity index is 1.62. The number of ether oxygens (including phenoxy) is 1. The Bertz CT molecular complexity index is 637. The van der Waals surface area contributed by atoms with Crippen LogP contribution in [0, 0.1) is 0 Å².